The maximum Gasteiger partial charge on any atom is 0.218 e. The van der Waals surface area contributed by atoms with E-state index >= 15 is 0 Å². The predicted molar refractivity (Wildman–Crippen MR) is 119 cm³/mol. The van der Waals surface area contributed by atoms with Gasteiger partial charge in [0.15, 0.2) is 6.10 Å². The lowest BCUT2D eigenvalue weighted by Gasteiger charge is -2.29. The third kappa shape index (κ3) is 4.19. The largest absolute Gasteiger partial charge is 0.497 e. The highest BCUT2D eigenvalue weighted by Gasteiger charge is 2.35. The first-order valence-corrected chi connectivity index (χ1v) is 10.7. The Bertz CT molecular complexity index is 932. The van der Waals surface area contributed by atoms with Gasteiger partial charge in [-0.15, -0.1) is 0 Å². The van der Waals surface area contributed by atoms with E-state index in [1.807, 2.05) is 12.1 Å². The molecule has 0 spiro atoms. The van der Waals surface area contributed by atoms with E-state index in [9.17, 15) is 0 Å². The van der Waals surface area contributed by atoms with Crippen LogP contribution in [0.3, 0.4) is 0 Å². The normalized spacial score (nSPS) is 19.8. The predicted octanol–water partition coefficient (Wildman–Crippen LogP) is 6.26. The molecular formula is C26H33NO2. The zero-order chi connectivity index (χ0) is 20.8. The van der Waals surface area contributed by atoms with E-state index in [-0.39, 0.29) is 17.1 Å². The van der Waals surface area contributed by atoms with Crippen molar-refractivity contribution in [3.63, 3.8) is 0 Å². The minimum atomic E-state index is -0.182. The van der Waals surface area contributed by atoms with Gasteiger partial charge in [0.1, 0.15) is 5.75 Å². The number of rotatable bonds is 4. The Morgan fingerprint density at radius 1 is 1.00 bits per heavy atom. The van der Waals surface area contributed by atoms with Crippen molar-refractivity contribution in [2.24, 2.45) is 10.4 Å². The van der Waals surface area contributed by atoms with Gasteiger partial charge in [0.25, 0.3) is 0 Å². The Morgan fingerprint density at radius 2 is 1.66 bits per heavy atom. The number of benzene rings is 2. The first kappa shape index (κ1) is 20.0. The van der Waals surface area contributed by atoms with Crippen LogP contribution in [0.25, 0.3) is 0 Å². The zero-order valence-corrected chi connectivity index (χ0v) is 18.6. The molecule has 3 nitrogen and oxygen atoms in total. The van der Waals surface area contributed by atoms with Gasteiger partial charge in [0, 0.05) is 11.1 Å². The summed E-state index contributed by atoms with van der Waals surface area (Å²) in [6, 6.07) is 12.9. The maximum absolute atomic E-state index is 6.53. The molecule has 1 unspecified atom stereocenters. The Labute approximate surface area is 175 Å². The molecule has 2 aromatic carbocycles. The van der Waals surface area contributed by atoms with Crippen molar-refractivity contribution in [2.75, 3.05) is 7.11 Å². The molecule has 1 aliphatic carbocycles. The number of nitrogens with zero attached hydrogens (tertiary/aromatic N) is 1. The van der Waals surface area contributed by atoms with Crippen LogP contribution < -0.4 is 4.74 Å². The van der Waals surface area contributed by atoms with E-state index in [2.05, 4.69) is 58.9 Å². The van der Waals surface area contributed by atoms with E-state index in [1.165, 1.54) is 35.1 Å². The van der Waals surface area contributed by atoms with Crippen molar-refractivity contribution in [1.82, 2.24) is 0 Å². The number of methoxy groups -OCH3 is 1. The number of aryl methyl sites for hydroxylation is 2. The Hall–Kier alpha value is -2.29. The second-order valence-electron chi connectivity index (χ2n) is 10.3. The fraction of sp³-hybridized carbons (Fsp3) is 0.500. The quantitative estimate of drug-likeness (QED) is 0.615. The molecule has 3 heteroatoms. The van der Waals surface area contributed by atoms with Crippen LogP contribution in [-0.4, -0.2) is 18.5 Å². The summed E-state index contributed by atoms with van der Waals surface area (Å²) in [6.07, 6.45) is 4.47. The first-order chi connectivity index (χ1) is 13.6. The summed E-state index contributed by atoms with van der Waals surface area (Å²) in [5, 5.41) is 0. The lowest BCUT2D eigenvalue weighted by Crippen LogP contribution is -2.26. The highest BCUT2D eigenvalue weighted by Crippen LogP contribution is 2.41. The van der Waals surface area contributed by atoms with Gasteiger partial charge in [-0.05, 0) is 79.8 Å². The van der Waals surface area contributed by atoms with Crippen molar-refractivity contribution in [3.8, 4) is 5.75 Å². The summed E-state index contributed by atoms with van der Waals surface area (Å²) in [5.74, 6) is 1.66. The van der Waals surface area contributed by atoms with E-state index in [0.29, 0.717) is 0 Å². The van der Waals surface area contributed by atoms with Crippen molar-refractivity contribution in [1.29, 1.82) is 0 Å². The maximum atomic E-state index is 6.53. The van der Waals surface area contributed by atoms with Crippen LogP contribution in [0.1, 0.15) is 81.4 Å². The SMILES string of the molecule is COc1ccc(C2OC(=NC(C)(C)CC(C)(C)C)c3cc4c(cc32)CCC4)cc1. The third-order valence-corrected chi connectivity index (χ3v) is 5.79. The van der Waals surface area contributed by atoms with Crippen molar-refractivity contribution >= 4 is 5.90 Å². The monoisotopic (exact) mass is 391 g/mol. The van der Waals surface area contributed by atoms with Crippen molar-refractivity contribution in [2.45, 2.75) is 71.9 Å². The molecule has 1 atom stereocenters. The van der Waals surface area contributed by atoms with Crippen molar-refractivity contribution in [3.05, 3.63) is 64.2 Å². The van der Waals surface area contributed by atoms with E-state index in [0.717, 1.165) is 30.1 Å². The van der Waals surface area contributed by atoms with Gasteiger partial charge in [-0.25, -0.2) is 4.99 Å². The molecular weight excluding hydrogens is 358 g/mol. The van der Waals surface area contributed by atoms with Gasteiger partial charge < -0.3 is 9.47 Å². The zero-order valence-electron chi connectivity index (χ0n) is 18.6. The van der Waals surface area contributed by atoms with E-state index in [1.54, 1.807) is 7.11 Å². The lowest BCUT2D eigenvalue weighted by molar-refractivity contribution is 0.239. The van der Waals surface area contributed by atoms with Gasteiger partial charge >= 0.3 is 0 Å². The van der Waals surface area contributed by atoms with Crippen molar-refractivity contribution < 1.29 is 9.47 Å². The average molecular weight is 392 g/mol. The summed E-state index contributed by atoms with van der Waals surface area (Å²) in [5.41, 5.74) is 6.53. The van der Waals surface area contributed by atoms with Gasteiger partial charge in [0.05, 0.1) is 12.6 Å². The molecule has 1 heterocycles. The number of aliphatic imine (C=N–C) groups is 1. The van der Waals surface area contributed by atoms with Gasteiger partial charge in [-0.3, -0.25) is 0 Å². The summed E-state index contributed by atoms with van der Waals surface area (Å²) in [6.45, 7) is 11.2. The third-order valence-electron chi connectivity index (χ3n) is 5.79. The van der Waals surface area contributed by atoms with E-state index in [4.69, 9.17) is 14.5 Å². The van der Waals surface area contributed by atoms with Crippen LogP contribution in [0.2, 0.25) is 0 Å². The fourth-order valence-electron chi connectivity index (χ4n) is 5.01. The Kier molecular flexibility index (Phi) is 4.96. The Morgan fingerprint density at radius 3 is 2.28 bits per heavy atom. The Balaban J connectivity index is 1.76. The number of hydrogen-bond donors (Lipinski definition) is 0. The molecule has 0 N–H and O–H groups in total. The standard InChI is InChI=1S/C26H33NO2/c1-25(2,3)16-26(4,5)27-24-22-15-19-9-7-8-18(19)14-21(22)23(29-24)17-10-12-20(28-6)13-11-17/h10-15,23H,7-9,16H2,1-6H3. The molecule has 1 aliphatic heterocycles. The second kappa shape index (κ2) is 7.19. The second-order valence-corrected chi connectivity index (χ2v) is 10.3. The molecule has 29 heavy (non-hydrogen) atoms. The number of fused-ring (bicyclic) bond motifs is 2. The molecule has 154 valence electrons. The van der Waals surface area contributed by atoms with Crippen LogP contribution in [0, 0.1) is 5.41 Å². The molecule has 2 aromatic rings. The molecule has 0 fully saturated rings. The number of hydrogen-bond acceptors (Lipinski definition) is 3. The summed E-state index contributed by atoms with van der Waals surface area (Å²) >= 11 is 0. The van der Waals surface area contributed by atoms with Crippen LogP contribution in [0.4, 0.5) is 0 Å². The highest BCUT2D eigenvalue weighted by molar-refractivity contribution is 5.99. The minimum absolute atomic E-state index is 0.106. The summed E-state index contributed by atoms with van der Waals surface area (Å²) in [7, 11) is 1.70. The molecule has 4 rings (SSSR count). The topological polar surface area (TPSA) is 30.8 Å². The molecule has 0 aromatic heterocycles. The first-order valence-electron chi connectivity index (χ1n) is 10.7. The average Bonchev–Trinajstić information content (AvgIpc) is 3.22. The van der Waals surface area contributed by atoms with Gasteiger partial charge in [-0.1, -0.05) is 39.0 Å². The van der Waals surface area contributed by atoms with Gasteiger partial charge in [0.2, 0.25) is 5.90 Å². The summed E-state index contributed by atoms with van der Waals surface area (Å²) in [4.78, 5) is 5.14. The minimum Gasteiger partial charge on any atom is -0.497 e. The molecule has 0 bridgehead atoms. The molecule has 0 amide bonds. The smallest absolute Gasteiger partial charge is 0.218 e. The van der Waals surface area contributed by atoms with E-state index < -0.39 is 0 Å². The molecule has 0 saturated carbocycles. The summed E-state index contributed by atoms with van der Waals surface area (Å²) < 4.78 is 11.9. The highest BCUT2D eigenvalue weighted by atomic mass is 16.5. The lowest BCUT2D eigenvalue weighted by atomic mass is 9.82. The fourth-order valence-corrected chi connectivity index (χ4v) is 5.01. The number of ether oxygens (including phenoxy) is 2. The van der Waals surface area contributed by atoms with Gasteiger partial charge in [-0.2, -0.15) is 0 Å². The van der Waals surface area contributed by atoms with Crippen LogP contribution >= 0.6 is 0 Å². The molecule has 0 saturated heterocycles. The van der Waals surface area contributed by atoms with Crippen LogP contribution in [0.5, 0.6) is 5.75 Å². The van der Waals surface area contributed by atoms with Crippen LogP contribution in [0.15, 0.2) is 41.4 Å². The van der Waals surface area contributed by atoms with Crippen LogP contribution in [-0.2, 0) is 17.6 Å². The molecule has 0 radical (unpaired) electrons. The molecule has 2 aliphatic rings.